The van der Waals surface area contributed by atoms with Crippen molar-refractivity contribution in [1.82, 2.24) is 24.8 Å². The van der Waals surface area contributed by atoms with Gasteiger partial charge in [0.2, 0.25) is 5.88 Å². The summed E-state index contributed by atoms with van der Waals surface area (Å²) in [7, 11) is 3.75. The molecule has 30 heavy (non-hydrogen) atoms. The maximum Gasteiger partial charge on any atom is 0.219 e. The van der Waals surface area contributed by atoms with Gasteiger partial charge < -0.3 is 14.6 Å². The van der Waals surface area contributed by atoms with Crippen LogP contribution in [0.5, 0.6) is 11.6 Å². The van der Waals surface area contributed by atoms with Gasteiger partial charge in [-0.3, -0.25) is 9.69 Å². The van der Waals surface area contributed by atoms with Crippen LogP contribution in [0.15, 0.2) is 36.5 Å². The van der Waals surface area contributed by atoms with E-state index in [1.807, 2.05) is 32.3 Å². The van der Waals surface area contributed by atoms with Crippen molar-refractivity contribution in [2.45, 2.75) is 38.3 Å². The second-order valence-electron chi connectivity index (χ2n) is 7.85. The van der Waals surface area contributed by atoms with E-state index in [9.17, 15) is 4.79 Å². The van der Waals surface area contributed by atoms with Gasteiger partial charge >= 0.3 is 0 Å². The predicted octanol–water partition coefficient (Wildman–Crippen LogP) is 3.28. The van der Waals surface area contributed by atoms with Crippen molar-refractivity contribution in [2.75, 3.05) is 27.2 Å². The summed E-state index contributed by atoms with van der Waals surface area (Å²) < 4.78 is 8.22. The highest BCUT2D eigenvalue weighted by molar-refractivity contribution is 5.78. The van der Waals surface area contributed by atoms with Gasteiger partial charge in [0.15, 0.2) is 6.29 Å². The molecule has 158 valence electrons. The van der Waals surface area contributed by atoms with Crippen LogP contribution in [0.4, 0.5) is 0 Å². The minimum absolute atomic E-state index is 0.478. The molecule has 3 heterocycles. The molecule has 1 fully saturated rings. The number of hydrogen-bond donors (Lipinski definition) is 1. The minimum atomic E-state index is 0.478. The summed E-state index contributed by atoms with van der Waals surface area (Å²) in [5.74, 6) is 2.38. The Labute approximate surface area is 177 Å². The van der Waals surface area contributed by atoms with Crippen LogP contribution in [-0.4, -0.2) is 58.9 Å². The van der Waals surface area contributed by atoms with Crippen LogP contribution < -0.4 is 10.1 Å². The van der Waals surface area contributed by atoms with Gasteiger partial charge in [0, 0.05) is 56.0 Å². The Balaban J connectivity index is 0.000000687. The molecule has 0 spiro atoms. The largest absolute Gasteiger partial charge is 0.439 e. The van der Waals surface area contributed by atoms with Gasteiger partial charge in [-0.05, 0) is 45.1 Å². The van der Waals surface area contributed by atoms with Crippen molar-refractivity contribution in [3.8, 4) is 11.6 Å². The van der Waals surface area contributed by atoms with Crippen molar-refractivity contribution in [3.05, 3.63) is 47.9 Å². The molecule has 1 aliphatic heterocycles. The fraction of sp³-hybridized carbons (Fsp3) is 0.435. The quantitative estimate of drug-likeness (QED) is 0.669. The highest BCUT2D eigenvalue weighted by Gasteiger charge is 2.27. The number of benzene rings is 1. The van der Waals surface area contributed by atoms with Gasteiger partial charge in [0.05, 0.1) is 11.0 Å². The number of ether oxygens (including phenoxy) is 1. The molecule has 2 aromatic heterocycles. The molecule has 0 saturated heterocycles. The van der Waals surface area contributed by atoms with Crippen molar-refractivity contribution in [2.24, 2.45) is 0 Å². The van der Waals surface area contributed by atoms with E-state index in [4.69, 9.17) is 9.72 Å². The molecule has 7 nitrogen and oxygen atoms in total. The molecule has 1 N–H and O–H groups in total. The maximum atomic E-state index is 10.8. The molecule has 5 rings (SSSR count). The van der Waals surface area contributed by atoms with E-state index in [0.29, 0.717) is 11.4 Å². The number of nitrogens with one attached hydrogen (secondary N) is 1. The molecule has 1 saturated carbocycles. The summed E-state index contributed by atoms with van der Waals surface area (Å²) in [5, 5.41) is 2.75. The van der Waals surface area contributed by atoms with Crippen LogP contribution in [-0.2, 0) is 13.0 Å². The summed E-state index contributed by atoms with van der Waals surface area (Å²) in [5.41, 5.74) is 2.66. The fourth-order valence-corrected chi connectivity index (χ4v) is 4.00. The average molecular weight is 408 g/mol. The molecule has 0 unspecified atom stereocenters. The molecule has 0 atom stereocenters. The summed E-state index contributed by atoms with van der Waals surface area (Å²) in [4.78, 5) is 22.4. The van der Waals surface area contributed by atoms with E-state index in [-0.39, 0.29) is 0 Å². The van der Waals surface area contributed by atoms with E-state index in [2.05, 4.69) is 19.8 Å². The summed E-state index contributed by atoms with van der Waals surface area (Å²) in [6.07, 6.45) is 7.35. The van der Waals surface area contributed by atoms with Gasteiger partial charge in [-0.25, -0.2) is 9.97 Å². The van der Waals surface area contributed by atoms with Crippen LogP contribution in [0.2, 0.25) is 0 Å². The Morgan fingerprint density at radius 3 is 2.63 bits per heavy atom. The van der Waals surface area contributed by atoms with Crippen molar-refractivity contribution in [3.63, 3.8) is 0 Å². The number of hydrogen-bond acceptors (Lipinski definition) is 6. The molecule has 1 aromatic carbocycles. The lowest BCUT2D eigenvalue weighted by Crippen LogP contribution is -2.41. The SMILES string of the molecule is CNC.O=Cc1ccc(Oc2ccc3nc4n(c3c2)CCN(C2CCC2)CC4)nc1. The van der Waals surface area contributed by atoms with Gasteiger partial charge in [-0.1, -0.05) is 6.42 Å². The van der Waals surface area contributed by atoms with Gasteiger partial charge in [-0.15, -0.1) is 0 Å². The number of aromatic nitrogens is 3. The molecular weight excluding hydrogens is 378 g/mol. The number of pyridine rings is 1. The first-order valence-corrected chi connectivity index (χ1v) is 10.6. The standard InChI is InChI=1S/C21H22N4O2.C2H7N/c26-14-15-4-7-21(22-13-15)27-17-5-6-18-19(12-17)25-11-10-24(16-2-1-3-16)9-8-20(25)23-18;1-3-2/h4-7,12-14,16H,1-3,8-11H2;3H,1-2H3. The zero-order valence-electron chi connectivity index (χ0n) is 17.7. The topological polar surface area (TPSA) is 72.3 Å². The first kappa shape index (κ1) is 20.5. The van der Waals surface area contributed by atoms with Crippen molar-refractivity contribution < 1.29 is 9.53 Å². The molecule has 0 radical (unpaired) electrons. The zero-order valence-corrected chi connectivity index (χ0v) is 17.7. The van der Waals surface area contributed by atoms with E-state index in [0.717, 1.165) is 61.0 Å². The third kappa shape index (κ3) is 4.37. The fourth-order valence-electron chi connectivity index (χ4n) is 4.00. The molecule has 3 aromatic rings. The normalized spacial score (nSPS) is 16.7. The smallest absolute Gasteiger partial charge is 0.219 e. The molecule has 1 aliphatic carbocycles. The molecule has 2 aliphatic rings. The lowest BCUT2D eigenvalue weighted by Gasteiger charge is -2.36. The van der Waals surface area contributed by atoms with Crippen LogP contribution >= 0.6 is 0 Å². The number of carbonyl (C=O) groups excluding carboxylic acids is 1. The number of aldehydes is 1. The van der Waals surface area contributed by atoms with Crippen LogP contribution in [0.1, 0.15) is 35.4 Å². The second-order valence-corrected chi connectivity index (χ2v) is 7.85. The Bertz CT molecular complexity index is 995. The Morgan fingerprint density at radius 2 is 1.97 bits per heavy atom. The Hall–Kier alpha value is -2.77. The first-order chi connectivity index (χ1) is 14.7. The summed E-state index contributed by atoms with van der Waals surface area (Å²) in [6, 6.07) is 10.2. The highest BCUT2D eigenvalue weighted by atomic mass is 16.5. The van der Waals surface area contributed by atoms with E-state index < -0.39 is 0 Å². The monoisotopic (exact) mass is 407 g/mol. The molecule has 0 bridgehead atoms. The third-order valence-electron chi connectivity index (χ3n) is 5.74. The highest BCUT2D eigenvalue weighted by Crippen LogP contribution is 2.29. The third-order valence-corrected chi connectivity index (χ3v) is 5.74. The molecule has 0 amide bonds. The number of nitrogens with zero attached hydrogens (tertiary/aromatic N) is 4. The Kier molecular flexibility index (Phi) is 6.40. The summed E-state index contributed by atoms with van der Waals surface area (Å²) >= 11 is 0. The van der Waals surface area contributed by atoms with Gasteiger partial charge in [0.25, 0.3) is 0 Å². The minimum Gasteiger partial charge on any atom is -0.439 e. The number of fused-ring (bicyclic) bond motifs is 3. The van der Waals surface area contributed by atoms with Crippen molar-refractivity contribution in [1.29, 1.82) is 0 Å². The maximum absolute atomic E-state index is 10.8. The van der Waals surface area contributed by atoms with Crippen LogP contribution in [0, 0.1) is 0 Å². The zero-order chi connectivity index (χ0) is 20.9. The number of imidazole rings is 1. The molecular formula is C23H29N5O2. The second kappa shape index (κ2) is 9.36. The van der Waals surface area contributed by atoms with Crippen molar-refractivity contribution >= 4 is 17.3 Å². The van der Waals surface area contributed by atoms with E-state index >= 15 is 0 Å². The van der Waals surface area contributed by atoms with E-state index in [1.54, 1.807) is 12.1 Å². The van der Waals surface area contributed by atoms with Crippen LogP contribution in [0.3, 0.4) is 0 Å². The van der Waals surface area contributed by atoms with Crippen LogP contribution in [0.25, 0.3) is 11.0 Å². The number of carbonyl (C=O) groups is 1. The lowest BCUT2D eigenvalue weighted by atomic mass is 9.91. The average Bonchev–Trinajstić information content (AvgIpc) is 2.94. The van der Waals surface area contributed by atoms with E-state index in [1.165, 1.54) is 25.5 Å². The predicted molar refractivity (Wildman–Crippen MR) is 117 cm³/mol. The number of rotatable bonds is 4. The first-order valence-electron chi connectivity index (χ1n) is 10.6. The molecule has 7 heteroatoms. The Morgan fingerprint density at radius 1 is 1.13 bits per heavy atom. The summed E-state index contributed by atoms with van der Waals surface area (Å²) in [6.45, 7) is 3.16. The lowest BCUT2D eigenvalue weighted by molar-refractivity contribution is 0.112. The van der Waals surface area contributed by atoms with Gasteiger partial charge in [-0.2, -0.15) is 0 Å². The van der Waals surface area contributed by atoms with Gasteiger partial charge in [0.1, 0.15) is 11.6 Å².